The summed E-state index contributed by atoms with van der Waals surface area (Å²) in [6, 6.07) is 12.1. The minimum Gasteiger partial charge on any atom is -0.497 e. The fraction of sp³-hybridized carbons (Fsp3) is 0.433. The van der Waals surface area contributed by atoms with Gasteiger partial charge in [-0.25, -0.2) is 13.2 Å². The Labute approximate surface area is 256 Å². The van der Waals surface area contributed by atoms with Crippen LogP contribution in [0.2, 0.25) is 0 Å². The van der Waals surface area contributed by atoms with Gasteiger partial charge in [-0.1, -0.05) is 12.1 Å². The quantitative estimate of drug-likeness (QED) is 0.222. The zero-order valence-corrected chi connectivity index (χ0v) is 26.0. The molecule has 1 unspecified atom stereocenters. The maximum Gasteiger partial charge on any atom is 0.336 e. The highest BCUT2D eigenvalue weighted by Gasteiger charge is 2.43. The number of benzene rings is 2. The molecule has 0 spiro atoms. The number of allylic oxidation sites excluding steroid dienone is 1. The van der Waals surface area contributed by atoms with E-state index in [1.54, 1.807) is 39.0 Å². The number of esters is 2. The molecule has 14 heteroatoms. The first-order chi connectivity index (χ1) is 21.0. The molecule has 0 aromatic heterocycles. The van der Waals surface area contributed by atoms with Crippen molar-refractivity contribution < 1.29 is 42.0 Å². The Morgan fingerprint density at radius 1 is 1.09 bits per heavy atom. The second-order valence-electron chi connectivity index (χ2n) is 10.5. The third kappa shape index (κ3) is 7.14. The average molecular weight is 630 g/mol. The second-order valence-corrected chi connectivity index (χ2v) is 12.5. The van der Waals surface area contributed by atoms with Gasteiger partial charge in [-0.05, 0) is 50.6 Å². The molecule has 4 rings (SSSR count). The predicted molar refractivity (Wildman–Crippen MR) is 160 cm³/mol. The number of hydrogen-bond acceptors (Lipinski definition) is 10. The van der Waals surface area contributed by atoms with Crippen molar-refractivity contribution in [2.24, 2.45) is 10.9 Å². The number of piperazine rings is 1. The van der Waals surface area contributed by atoms with Crippen LogP contribution in [-0.2, 0) is 29.1 Å². The van der Waals surface area contributed by atoms with Crippen molar-refractivity contribution in [3.63, 3.8) is 0 Å². The molecule has 236 valence electrons. The molecule has 13 nitrogen and oxygen atoms in total. The van der Waals surface area contributed by atoms with Crippen LogP contribution in [0, 0.1) is 16.0 Å². The number of aliphatic imine (C=N–C) groups is 1. The highest BCUT2D eigenvalue weighted by molar-refractivity contribution is 7.89. The van der Waals surface area contributed by atoms with Gasteiger partial charge in [0.2, 0.25) is 10.0 Å². The molecule has 2 atom stereocenters. The minimum absolute atomic E-state index is 0.0462. The summed E-state index contributed by atoms with van der Waals surface area (Å²) in [5, 5.41) is 11.5. The van der Waals surface area contributed by atoms with Crippen LogP contribution in [0.15, 0.2) is 69.7 Å². The van der Waals surface area contributed by atoms with Crippen LogP contribution in [0.3, 0.4) is 0 Å². The van der Waals surface area contributed by atoms with Gasteiger partial charge in [0.25, 0.3) is 5.69 Å². The third-order valence-corrected chi connectivity index (χ3v) is 9.76. The van der Waals surface area contributed by atoms with Gasteiger partial charge in [0.15, 0.2) is 0 Å². The summed E-state index contributed by atoms with van der Waals surface area (Å²) in [5.41, 5.74) is 1.15. The first-order valence-corrected chi connectivity index (χ1v) is 15.7. The van der Waals surface area contributed by atoms with Crippen LogP contribution in [0.4, 0.5) is 5.69 Å². The number of carbonyl (C=O) groups is 2. The number of sulfonamides is 1. The van der Waals surface area contributed by atoms with E-state index in [0.29, 0.717) is 55.4 Å². The number of carbonyl (C=O) groups excluding carboxylic acids is 2. The largest absolute Gasteiger partial charge is 0.497 e. The number of quaternary nitrogens is 1. The van der Waals surface area contributed by atoms with E-state index in [0.717, 1.165) is 4.90 Å². The van der Waals surface area contributed by atoms with Crippen molar-refractivity contribution in [3.05, 3.63) is 75.5 Å². The molecule has 0 bridgehead atoms. The van der Waals surface area contributed by atoms with E-state index in [-0.39, 0.29) is 29.4 Å². The van der Waals surface area contributed by atoms with Gasteiger partial charge in [0.1, 0.15) is 24.8 Å². The molecule has 2 aromatic carbocycles. The first-order valence-electron chi connectivity index (χ1n) is 14.3. The van der Waals surface area contributed by atoms with Gasteiger partial charge < -0.3 is 19.1 Å². The molecule has 0 amide bonds. The summed E-state index contributed by atoms with van der Waals surface area (Å²) in [6.07, 6.45) is 0. The van der Waals surface area contributed by atoms with Gasteiger partial charge in [-0.15, -0.1) is 0 Å². The Kier molecular flexibility index (Phi) is 10.5. The van der Waals surface area contributed by atoms with Gasteiger partial charge >= 0.3 is 11.9 Å². The lowest BCUT2D eigenvalue weighted by atomic mass is 9.75. The van der Waals surface area contributed by atoms with Crippen LogP contribution >= 0.6 is 0 Å². The van der Waals surface area contributed by atoms with E-state index in [4.69, 9.17) is 14.2 Å². The molecule has 2 aromatic rings. The number of methoxy groups -OCH3 is 1. The number of nitro benzene ring substituents is 1. The standard InChI is InChI=1S/C30H36N4O9S/c1-5-42-29(35)26-20(2)31-21(3)27(28(26)22-7-6-8-23(19-22)34(37)38)30(36)43-18-17-32-13-15-33(16-14-32)44(39,40)25-11-9-24(41-4)10-12-25/h6-12,19,26,28H,5,13-18H2,1-4H3/p+1/t26?,28-/m1/s1. The molecule has 44 heavy (non-hydrogen) atoms. The van der Waals surface area contributed by atoms with Crippen LogP contribution in [0.5, 0.6) is 5.75 Å². The van der Waals surface area contributed by atoms with Crippen molar-refractivity contribution in [2.45, 2.75) is 31.6 Å². The molecule has 0 saturated carbocycles. The maximum atomic E-state index is 13.5. The van der Waals surface area contributed by atoms with Crippen molar-refractivity contribution in [3.8, 4) is 5.75 Å². The van der Waals surface area contributed by atoms with E-state index in [9.17, 15) is 28.1 Å². The van der Waals surface area contributed by atoms with E-state index >= 15 is 0 Å². The third-order valence-electron chi connectivity index (χ3n) is 7.84. The average Bonchev–Trinajstić information content (AvgIpc) is 3.01. The Morgan fingerprint density at radius 3 is 2.39 bits per heavy atom. The van der Waals surface area contributed by atoms with Gasteiger partial charge in [0, 0.05) is 29.5 Å². The van der Waals surface area contributed by atoms with E-state index in [1.165, 1.54) is 41.7 Å². The SMILES string of the molecule is CCOC(=O)C1C(C)=NC(C)=C(C(=O)OCC[NH+]2CCN(S(=O)(=O)c3ccc(OC)cc3)CC2)[C@@H]1c1cccc([N+](=O)[O-])c1. The summed E-state index contributed by atoms with van der Waals surface area (Å²) in [7, 11) is -2.13. The molecule has 1 fully saturated rings. The number of rotatable bonds is 11. The summed E-state index contributed by atoms with van der Waals surface area (Å²) >= 11 is 0. The highest BCUT2D eigenvalue weighted by Crippen LogP contribution is 2.41. The fourth-order valence-corrected chi connectivity index (χ4v) is 7.03. The summed E-state index contributed by atoms with van der Waals surface area (Å²) in [4.78, 5) is 43.3. The van der Waals surface area contributed by atoms with Gasteiger partial charge in [-0.3, -0.25) is 19.9 Å². The molecule has 0 radical (unpaired) electrons. The highest BCUT2D eigenvalue weighted by atomic mass is 32.2. The van der Waals surface area contributed by atoms with Gasteiger partial charge in [-0.2, -0.15) is 4.31 Å². The topological polar surface area (TPSA) is 159 Å². The summed E-state index contributed by atoms with van der Waals surface area (Å²) in [6.45, 7) is 7.25. The van der Waals surface area contributed by atoms with E-state index in [1.807, 2.05) is 0 Å². The lowest BCUT2D eigenvalue weighted by Gasteiger charge is -2.32. The Balaban J connectivity index is 1.44. The smallest absolute Gasteiger partial charge is 0.336 e. The molecular weight excluding hydrogens is 592 g/mol. The summed E-state index contributed by atoms with van der Waals surface area (Å²) in [5.74, 6) is -2.55. The fourth-order valence-electron chi connectivity index (χ4n) is 5.59. The van der Waals surface area contributed by atoms with Crippen molar-refractivity contribution in [1.29, 1.82) is 0 Å². The second kappa shape index (κ2) is 14.1. The van der Waals surface area contributed by atoms with Crippen molar-refractivity contribution >= 4 is 33.4 Å². The van der Waals surface area contributed by atoms with Crippen molar-refractivity contribution in [1.82, 2.24) is 4.31 Å². The minimum atomic E-state index is -3.65. The van der Waals surface area contributed by atoms with Crippen LogP contribution < -0.4 is 9.64 Å². The van der Waals surface area contributed by atoms with E-state index < -0.39 is 38.7 Å². The van der Waals surface area contributed by atoms with Crippen LogP contribution in [0.25, 0.3) is 0 Å². The number of ether oxygens (including phenoxy) is 3. The summed E-state index contributed by atoms with van der Waals surface area (Å²) < 4.78 is 43.7. The number of nitrogens with one attached hydrogen (secondary N) is 1. The number of hydrogen-bond donors (Lipinski definition) is 1. The first kappa shape index (κ1) is 32.8. The molecule has 1 N–H and O–H groups in total. The monoisotopic (exact) mass is 629 g/mol. The van der Waals surface area contributed by atoms with Crippen LogP contribution in [-0.4, -0.2) is 88.3 Å². The number of nitro groups is 1. The van der Waals surface area contributed by atoms with Gasteiger partial charge in [0.05, 0.1) is 55.3 Å². The predicted octanol–water partition coefficient (Wildman–Crippen LogP) is 1.75. The molecule has 2 aliphatic heterocycles. The van der Waals surface area contributed by atoms with Crippen LogP contribution in [0.1, 0.15) is 32.3 Å². The van der Waals surface area contributed by atoms with E-state index in [2.05, 4.69) is 4.99 Å². The number of non-ortho nitro benzene ring substituents is 1. The zero-order valence-electron chi connectivity index (χ0n) is 25.1. The number of nitrogens with zero attached hydrogens (tertiary/aromatic N) is 3. The van der Waals surface area contributed by atoms with Crippen molar-refractivity contribution in [2.75, 3.05) is 53.0 Å². The maximum absolute atomic E-state index is 13.5. The molecule has 2 heterocycles. The lowest BCUT2D eigenvalue weighted by molar-refractivity contribution is -0.903. The normalized spacial score (nSPS) is 19.7. The Morgan fingerprint density at radius 2 is 1.77 bits per heavy atom. The Bertz CT molecular complexity index is 1560. The molecule has 1 saturated heterocycles. The molecule has 0 aliphatic carbocycles. The molecule has 2 aliphatic rings. The Hall–Kier alpha value is -4.14. The molecular formula is C30H37N4O9S+. The lowest BCUT2D eigenvalue weighted by Crippen LogP contribution is -3.15. The zero-order chi connectivity index (χ0) is 32.0.